The highest BCUT2D eigenvalue weighted by Crippen LogP contribution is 2.19. The lowest BCUT2D eigenvalue weighted by atomic mass is 10.3. The first-order chi connectivity index (χ1) is 9.56. The molecule has 0 saturated heterocycles. The van der Waals surface area contributed by atoms with Crippen LogP contribution in [-0.2, 0) is 4.79 Å². The quantitative estimate of drug-likeness (QED) is 0.893. The summed E-state index contributed by atoms with van der Waals surface area (Å²) in [4.78, 5) is 17.5. The molecule has 1 aromatic carbocycles. The standard InChI is InChI=1S/C14H15FN4O/c1-19(13-6-7-17-8-12(13)16)9-14(20)18-11-4-2-10(15)3-5-11/h2-8H,9,16H2,1H3,(H,18,20). The zero-order chi connectivity index (χ0) is 14.5. The Labute approximate surface area is 116 Å². The van der Waals surface area contributed by atoms with Crippen LogP contribution in [0.3, 0.4) is 0 Å². The molecule has 0 atom stereocenters. The molecule has 0 saturated carbocycles. The SMILES string of the molecule is CN(CC(=O)Nc1ccc(F)cc1)c1ccncc1N. The van der Waals surface area contributed by atoms with E-state index < -0.39 is 0 Å². The predicted molar refractivity (Wildman–Crippen MR) is 76.9 cm³/mol. The van der Waals surface area contributed by atoms with Crippen molar-refractivity contribution >= 4 is 23.0 Å². The van der Waals surface area contributed by atoms with Crippen molar-refractivity contribution in [1.29, 1.82) is 0 Å². The number of hydrogen-bond donors (Lipinski definition) is 2. The zero-order valence-corrected chi connectivity index (χ0v) is 11.0. The van der Waals surface area contributed by atoms with E-state index in [9.17, 15) is 9.18 Å². The van der Waals surface area contributed by atoms with Gasteiger partial charge >= 0.3 is 0 Å². The Balaban J connectivity index is 1.98. The van der Waals surface area contributed by atoms with E-state index in [0.29, 0.717) is 11.4 Å². The van der Waals surface area contributed by atoms with Crippen molar-refractivity contribution in [2.75, 3.05) is 29.5 Å². The van der Waals surface area contributed by atoms with Gasteiger partial charge in [0, 0.05) is 18.9 Å². The number of hydrogen-bond acceptors (Lipinski definition) is 4. The Bertz CT molecular complexity index is 600. The number of carbonyl (C=O) groups is 1. The minimum Gasteiger partial charge on any atom is -0.396 e. The lowest BCUT2D eigenvalue weighted by Gasteiger charge is -2.20. The first-order valence-corrected chi connectivity index (χ1v) is 6.02. The number of aromatic nitrogens is 1. The number of pyridine rings is 1. The second kappa shape index (κ2) is 6.01. The van der Waals surface area contributed by atoms with E-state index in [2.05, 4.69) is 10.3 Å². The maximum Gasteiger partial charge on any atom is 0.243 e. The van der Waals surface area contributed by atoms with E-state index in [1.54, 1.807) is 24.2 Å². The van der Waals surface area contributed by atoms with E-state index in [-0.39, 0.29) is 18.3 Å². The largest absolute Gasteiger partial charge is 0.396 e. The van der Waals surface area contributed by atoms with Crippen LogP contribution in [0.4, 0.5) is 21.5 Å². The molecule has 2 aromatic rings. The summed E-state index contributed by atoms with van der Waals surface area (Å²) in [7, 11) is 1.76. The molecule has 1 aromatic heterocycles. The second-order valence-electron chi connectivity index (χ2n) is 4.35. The Morgan fingerprint density at radius 2 is 2.05 bits per heavy atom. The van der Waals surface area contributed by atoms with Crippen LogP contribution < -0.4 is 16.0 Å². The Morgan fingerprint density at radius 3 is 2.70 bits per heavy atom. The van der Waals surface area contributed by atoms with Crippen LogP contribution in [0.5, 0.6) is 0 Å². The molecule has 0 aliphatic rings. The van der Waals surface area contributed by atoms with E-state index in [4.69, 9.17) is 5.73 Å². The highest BCUT2D eigenvalue weighted by molar-refractivity contribution is 5.94. The van der Waals surface area contributed by atoms with Gasteiger partial charge in [-0.05, 0) is 30.3 Å². The molecule has 0 radical (unpaired) electrons. The average molecular weight is 274 g/mol. The number of nitrogens with two attached hydrogens (primary N) is 1. The number of carbonyl (C=O) groups excluding carboxylic acids is 1. The van der Waals surface area contributed by atoms with Gasteiger partial charge in [-0.2, -0.15) is 0 Å². The number of halogens is 1. The topological polar surface area (TPSA) is 71.2 Å². The van der Waals surface area contributed by atoms with Crippen LogP contribution in [0.15, 0.2) is 42.7 Å². The van der Waals surface area contributed by atoms with E-state index >= 15 is 0 Å². The Kier molecular flexibility index (Phi) is 4.14. The normalized spacial score (nSPS) is 10.1. The minimum atomic E-state index is -0.343. The van der Waals surface area contributed by atoms with Gasteiger partial charge < -0.3 is 16.0 Å². The smallest absolute Gasteiger partial charge is 0.243 e. The van der Waals surface area contributed by atoms with Crippen LogP contribution in [0.2, 0.25) is 0 Å². The summed E-state index contributed by atoms with van der Waals surface area (Å²) in [6, 6.07) is 7.34. The lowest BCUT2D eigenvalue weighted by molar-refractivity contribution is -0.114. The second-order valence-corrected chi connectivity index (χ2v) is 4.35. The monoisotopic (exact) mass is 274 g/mol. The molecule has 0 fully saturated rings. The summed E-state index contributed by atoms with van der Waals surface area (Å²) in [6.07, 6.45) is 3.14. The number of likely N-dealkylation sites (N-methyl/N-ethyl adjacent to an activating group) is 1. The molecule has 0 bridgehead atoms. The molecular weight excluding hydrogens is 259 g/mol. The third-order valence-corrected chi connectivity index (χ3v) is 2.75. The fourth-order valence-corrected chi connectivity index (χ4v) is 1.78. The molecule has 2 rings (SSSR count). The van der Waals surface area contributed by atoms with Gasteiger partial charge in [-0.25, -0.2) is 4.39 Å². The van der Waals surface area contributed by atoms with E-state index in [1.807, 2.05) is 0 Å². The number of amides is 1. The van der Waals surface area contributed by atoms with Crippen LogP contribution in [0, 0.1) is 5.82 Å². The number of anilines is 3. The molecular formula is C14H15FN4O. The molecule has 20 heavy (non-hydrogen) atoms. The summed E-state index contributed by atoms with van der Waals surface area (Å²) >= 11 is 0. The van der Waals surface area contributed by atoms with Crippen LogP contribution >= 0.6 is 0 Å². The Hall–Kier alpha value is -2.63. The fourth-order valence-electron chi connectivity index (χ4n) is 1.78. The van der Waals surface area contributed by atoms with E-state index in [0.717, 1.165) is 5.69 Å². The van der Waals surface area contributed by atoms with Gasteiger partial charge in [0.15, 0.2) is 0 Å². The maximum atomic E-state index is 12.8. The summed E-state index contributed by atoms with van der Waals surface area (Å²) in [5, 5.41) is 2.69. The molecule has 6 heteroatoms. The molecule has 0 unspecified atom stereocenters. The fraction of sp³-hybridized carbons (Fsp3) is 0.143. The molecule has 1 heterocycles. The van der Waals surface area contributed by atoms with Crippen LogP contribution in [0.1, 0.15) is 0 Å². The Morgan fingerprint density at radius 1 is 1.35 bits per heavy atom. The maximum absolute atomic E-state index is 12.8. The first-order valence-electron chi connectivity index (χ1n) is 6.02. The van der Waals surface area contributed by atoms with Crippen molar-refractivity contribution in [2.45, 2.75) is 0 Å². The average Bonchev–Trinajstić information content (AvgIpc) is 2.41. The van der Waals surface area contributed by atoms with Crippen molar-refractivity contribution < 1.29 is 9.18 Å². The van der Waals surface area contributed by atoms with Gasteiger partial charge in [-0.15, -0.1) is 0 Å². The first kappa shape index (κ1) is 13.8. The van der Waals surface area contributed by atoms with Gasteiger partial charge in [-0.3, -0.25) is 9.78 Å². The number of nitrogens with one attached hydrogen (secondary N) is 1. The summed E-state index contributed by atoms with van der Waals surface area (Å²) < 4.78 is 12.8. The minimum absolute atomic E-state index is 0.131. The highest BCUT2D eigenvalue weighted by Gasteiger charge is 2.10. The van der Waals surface area contributed by atoms with Crippen molar-refractivity contribution in [3.8, 4) is 0 Å². The molecule has 3 N–H and O–H groups in total. The number of nitrogens with zero attached hydrogens (tertiary/aromatic N) is 2. The van der Waals surface area contributed by atoms with Crippen molar-refractivity contribution in [1.82, 2.24) is 4.98 Å². The molecule has 0 aliphatic carbocycles. The van der Waals surface area contributed by atoms with Gasteiger partial charge in [-0.1, -0.05) is 0 Å². The number of benzene rings is 1. The molecule has 0 spiro atoms. The van der Waals surface area contributed by atoms with E-state index in [1.165, 1.54) is 30.5 Å². The third kappa shape index (κ3) is 3.44. The van der Waals surface area contributed by atoms with Crippen molar-refractivity contribution in [2.24, 2.45) is 0 Å². The number of nitrogen functional groups attached to an aromatic ring is 1. The molecule has 1 amide bonds. The van der Waals surface area contributed by atoms with Gasteiger partial charge in [0.25, 0.3) is 0 Å². The third-order valence-electron chi connectivity index (χ3n) is 2.75. The highest BCUT2D eigenvalue weighted by atomic mass is 19.1. The van der Waals surface area contributed by atoms with Crippen molar-refractivity contribution in [3.63, 3.8) is 0 Å². The lowest BCUT2D eigenvalue weighted by Crippen LogP contribution is -2.30. The van der Waals surface area contributed by atoms with Crippen LogP contribution in [-0.4, -0.2) is 24.5 Å². The van der Waals surface area contributed by atoms with Crippen LogP contribution in [0.25, 0.3) is 0 Å². The van der Waals surface area contributed by atoms with Gasteiger partial charge in [0.2, 0.25) is 5.91 Å². The molecule has 0 aliphatic heterocycles. The predicted octanol–water partition coefficient (Wildman–Crippen LogP) is 1.88. The number of rotatable bonds is 4. The zero-order valence-electron chi connectivity index (χ0n) is 11.0. The van der Waals surface area contributed by atoms with Gasteiger partial charge in [0.05, 0.1) is 24.1 Å². The molecule has 5 nitrogen and oxygen atoms in total. The summed E-state index contributed by atoms with van der Waals surface area (Å²) in [5.74, 6) is -0.556. The molecule has 104 valence electrons. The summed E-state index contributed by atoms with van der Waals surface area (Å²) in [6.45, 7) is 0.131. The van der Waals surface area contributed by atoms with Gasteiger partial charge in [0.1, 0.15) is 5.82 Å². The summed E-state index contributed by atoms with van der Waals surface area (Å²) in [5.41, 5.74) is 7.57. The van der Waals surface area contributed by atoms with Crippen molar-refractivity contribution in [3.05, 3.63) is 48.5 Å².